The van der Waals surface area contributed by atoms with Gasteiger partial charge >= 0.3 is 0 Å². The van der Waals surface area contributed by atoms with Crippen LogP contribution in [0.5, 0.6) is 11.5 Å². The SMILES string of the molecule is c1ccc(Oc2ccc3ccc4cccc5ccc2c3c45)cc1. The van der Waals surface area contributed by atoms with E-state index in [4.69, 9.17) is 4.74 Å². The summed E-state index contributed by atoms with van der Waals surface area (Å²) in [7, 11) is 0. The second-order valence-electron chi connectivity index (χ2n) is 5.83. The van der Waals surface area contributed by atoms with Crippen LogP contribution in [0.3, 0.4) is 0 Å². The third-order valence-corrected chi connectivity index (χ3v) is 4.46. The van der Waals surface area contributed by atoms with Gasteiger partial charge in [-0.1, -0.05) is 60.7 Å². The van der Waals surface area contributed by atoms with Gasteiger partial charge in [0.05, 0.1) is 0 Å². The number of rotatable bonds is 2. The van der Waals surface area contributed by atoms with E-state index in [1.807, 2.05) is 30.3 Å². The molecule has 0 radical (unpaired) electrons. The summed E-state index contributed by atoms with van der Waals surface area (Å²) in [4.78, 5) is 0. The van der Waals surface area contributed by atoms with E-state index < -0.39 is 0 Å². The van der Waals surface area contributed by atoms with Crippen LogP contribution in [-0.4, -0.2) is 0 Å². The third kappa shape index (κ3) is 1.87. The molecule has 0 unspecified atom stereocenters. The number of para-hydroxylation sites is 1. The predicted octanol–water partition coefficient (Wildman–Crippen LogP) is 6.38. The first-order chi connectivity index (χ1) is 11.4. The molecule has 0 fully saturated rings. The summed E-state index contributed by atoms with van der Waals surface area (Å²) in [6, 6.07) is 29.4. The van der Waals surface area contributed by atoms with Crippen LogP contribution in [-0.2, 0) is 0 Å². The summed E-state index contributed by atoms with van der Waals surface area (Å²) in [5, 5.41) is 7.57. The molecule has 1 nitrogen and oxygen atoms in total. The van der Waals surface area contributed by atoms with Crippen molar-refractivity contribution in [3.8, 4) is 11.5 Å². The third-order valence-electron chi connectivity index (χ3n) is 4.46. The fourth-order valence-electron chi connectivity index (χ4n) is 3.41. The van der Waals surface area contributed by atoms with Crippen molar-refractivity contribution in [3.05, 3.63) is 84.9 Å². The van der Waals surface area contributed by atoms with E-state index in [1.165, 1.54) is 26.9 Å². The molecule has 1 heteroatoms. The first kappa shape index (κ1) is 12.5. The van der Waals surface area contributed by atoms with Gasteiger partial charge in [-0.2, -0.15) is 0 Å². The van der Waals surface area contributed by atoms with Gasteiger partial charge in [-0.05, 0) is 45.8 Å². The molecule has 0 saturated heterocycles. The zero-order valence-electron chi connectivity index (χ0n) is 12.5. The van der Waals surface area contributed by atoms with Gasteiger partial charge < -0.3 is 4.74 Å². The van der Waals surface area contributed by atoms with Crippen LogP contribution in [0.15, 0.2) is 84.9 Å². The first-order valence-electron chi connectivity index (χ1n) is 7.79. The minimum absolute atomic E-state index is 0.863. The fourth-order valence-corrected chi connectivity index (χ4v) is 3.41. The van der Waals surface area contributed by atoms with Crippen LogP contribution in [0.4, 0.5) is 0 Å². The Hall–Kier alpha value is -3.06. The van der Waals surface area contributed by atoms with E-state index in [9.17, 15) is 0 Å². The Labute approximate surface area is 134 Å². The molecule has 0 saturated carbocycles. The molecule has 0 aliphatic rings. The van der Waals surface area contributed by atoms with Crippen LogP contribution in [0.1, 0.15) is 0 Å². The van der Waals surface area contributed by atoms with Gasteiger partial charge in [0.1, 0.15) is 11.5 Å². The largest absolute Gasteiger partial charge is 0.457 e. The average Bonchev–Trinajstić information content (AvgIpc) is 2.62. The van der Waals surface area contributed by atoms with E-state index in [1.54, 1.807) is 0 Å². The lowest BCUT2D eigenvalue weighted by atomic mass is 9.94. The molecule has 0 atom stereocenters. The number of benzene rings is 5. The lowest BCUT2D eigenvalue weighted by molar-refractivity contribution is 0.488. The van der Waals surface area contributed by atoms with Crippen LogP contribution < -0.4 is 4.74 Å². The molecule has 108 valence electrons. The molecular formula is C22H14O. The Balaban J connectivity index is 1.84. The summed E-state index contributed by atoms with van der Waals surface area (Å²) in [6.07, 6.45) is 0. The highest BCUT2D eigenvalue weighted by Crippen LogP contribution is 2.39. The quantitative estimate of drug-likeness (QED) is 0.343. The Morgan fingerprint density at radius 2 is 1.13 bits per heavy atom. The highest BCUT2D eigenvalue weighted by Gasteiger charge is 2.11. The van der Waals surface area contributed by atoms with Gasteiger partial charge in [0.15, 0.2) is 0 Å². The molecule has 5 rings (SSSR count). The molecule has 0 aliphatic carbocycles. The monoisotopic (exact) mass is 294 g/mol. The zero-order valence-corrected chi connectivity index (χ0v) is 12.5. The average molecular weight is 294 g/mol. The Morgan fingerprint density at radius 3 is 1.91 bits per heavy atom. The Kier molecular flexibility index (Phi) is 2.56. The normalized spacial score (nSPS) is 11.5. The topological polar surface area (TPSA) is 9.23 Å². The lowest BCUT2D eigenvalue weighted by Gasteiger charge is -2.14. The van der Waals surface area contributed by atoms with Gasteiger partial charge in [0.2, 0.25) is 0 Å². The maximum atomic E-state index is 6.14. The molecule has 5 aromatic carbocycles. The summed E-state index contributed by atoms with van der Waals surface area (Å²) in [6.45, 7) is 0. The van der Waals surface area contributed by atoms with Crippen molar-refractivity contribution in [1.29, 1.82) is 0 Å². The Bertz CT molecular complexity index is 1110. The molecule has 0 aromatic heterocycles. The van der Waals surface area contributed by atoms with Crippen molar-refractivity contribution < 1.29 is 4.74 Å². The minimum atomic E-state index is 0.863. The van der Waals surface area contributed by atoms with Crippen LogP contribution in [0.2, 0.25) is 0 Å². The molecule has 23 heavy (non-hydrogen) atoms. The second kappa shape index (κ2) is 4.72. The van der Waals surface area contributed by atoms with E-state index >= 15 is 0 Å². The van der Waals surface area contributed by atoms with Crippen LogP contribution in [0, 0.1) is 0 Å². The lowest BCUT2D eigenvalue weighted by Crippen LogP contribution is -1.88. The van der Waals surface area contributed by atoms with Crippen LogP contribution >= 0.6 is 0 Å². The van der Waals surface area contributed by atoms with Crippen molar-refractivity contribution in [2.24, 2.45) is 0 Å². The maximum absolute atomic E-state index is 6.14. The standard InChI is InChI=1S/C22H14O/c1-2-7-18(8-3-1)23-20-14-12-17-10-9-15-5-4-6-16-11-13-19(20)22(17)21(15)16/h1-14H. The highest BCUT2D eigenvalue weighted by atomic mass is 16.5. The zero-order chi connectivity index (χ0) is 15.2. The fraction of sp³-hybridized carbons (Fsp3) is 0. The van der Waals surface area contributed by atoms with Gasteiger partial charge in [0, 0.05) is 10.8 Å². The molecular weight excluding hydrogens is 280 g/mol. The highest BCUT2D eigenvalue weighted by molar-refractivity contribution is 6.24. The van der Waals surface area contributed by atoms with E-state index in [-0.39, 0.29) is 0 Å². The Morgan fingerprint density at radius 1 is 0.478 bits per heavy atom. The van der Waals surface area contributed by atoms with Crippen molar-refractivity contribution >= 4 is 32.3 Å². The predicted molar refractivity (Wildman–Crippen MR) is 96.7 cm³/mol. The van der Waals surface area contributed by atoms with Crippen molar-refractivity contribution in [2.45, 2.75) is 0 Å². The molecule has 0 heterocycles. The van der Waals surface area contributed by atoms with Crippen molar-refractivity contribution in [2.75, 3.05) is 0 Å². The molecule has 5 aromatic rings. The second-order valence-corrected chi connectivity index (χ2v) is 5.83. The molecule has 0 N–H and O–H groups in total. The van der Waals surface area contributed by atoms with Crippen molar-refractivity contribution in [1.82, 2.24) is 0 Å². The van der Waals surface area contributed by atoms with Gasteiger partial charge in [0.25, 0.3) is 0 Å². The summed E-state index contributed by atoms with van der Waals surface area (Å²) >= 11 is 0. The van der Waals surface area contributed by atoms with E-state index in [0.29, 0.717) is 0 Å². The molecule has 0 aliphatic heterocycles. The summed E-state index contributed by atoms with van der Waals surface area (Å²) < 4.78 is 6.14. The number of hydrogen-bond donors (Lipinski definition) is 0. The molecule has 0 bridgehead atoms. The van der Waals surface area contributed by atoms with E-state index in [0.717, 1.165) is 16.9 Å². The van der Waals surface area contributed by atoms with E-state index in [2.05, 4.69) is 54.6 Å². The minimum Gasteiger partial charge on any atom is -0.457 e. The van der Waals surface area contributed by atoms with Gasteiger partial charge in [-0.15, -0.1) is 0 Å². The van der Waals surface area contributed by atoms with Gasteiger partial charge in [-0.3, -0.25) is 0 Å². The summed E-state index contributed by atoms with van der Waals surface area (Å²) in [5.41, 5.74) is 0. The summed E-state index contributed by atoms with van der Waals surface area (Å²) in [5.74, 6) is 1.77. The molecule has 0 amide bonds. The molecule has 0 spiro atoms. The maximum Gasteiger partial charge on any atom is 0.135 e. The number of hydrogen-bond acceptors (Lipinski definition) is 1. The number of ether oxygens (including phenoxy) is 1. The van der Waals surface area contributed by atoms with Crippen molar-refractivity contribution in [3.63, 3.8) is 0 Å². The van der Waals surface area contributed by atoms with Gasteiger partial charge in [-0.25, -0.2) is 0 Å². The first-order valence-corrected chi connectivity index (χ1v) is 7.79. The smallest absolute Gasteiger partial charge is 0.135 e. The van der Waals surface area contributed by atoms with Crippen LogP contribution in [0.25, 0.3) is 32.3 Å².